The van der Waals surface area contributed by atoms with Crippen molar-refractivity contribution < 1.29 is 13.9 Å². The van der Waals surface area contributed by atoms with Gasteiger partial charge in [0.05, 0.1) is 13.4 Å². The Kier molecular flexibility index (Phi) is 3.10. The van der Waals surface area contributed by atoms with E-state index in [2.05, 4.69) is 20.7 Å². The zero-order chi connectivity index (χ0) is 11.5. The van der Waals surface area contributed by atoms with Gasteiger partial charge in [-0.05, 0) is 17.7 Å². The van der Waals surface area contributed by atoms with Crippen molar-refractivity contribution in [2.75, 3.05) is 7.11 Å². The van der Waals surface area contributed by atoms with Crippen LogP contribution in [0.5, 0.6) is 0 Å². The van der Waals surface area contributed by atoms with Crippen molar-refractivity contribution >= 4 is 21.9 Å². The molecule has 0 saturated carbocycles. The summed E-state index contributed by atoms with van der Waals surface area (Å²) >= 11 is 3.44. The Balaban J connectivity index is 2.39. The lowest BCUT2D eigenvalue weighted by Gasteiger charge is -1.98. The Morgan fingerprint density at radius 1 is 1.38 bits per heavy atom. The number of methoxy groups -OCH3 is 1. The minimum absolute atomic E-state index is 0.202. The Bertz CT molecular complexity index is 516. The van der Waals surface area contributed by atoms with Crippen LogP contribution >= 0.6 is 15.9 Å². The molecule has 0 aliphatic carbocycles. The summed E-state index contributed by atoms with van der Waals surface area (Å²) in [4.78, 5) is 11.2. The minimum atomic E-state index is -0.474. The number of furan rings is 1. The van der Waals surface area contributed by atoms with Crippen molar-refractivity contribution in [3.8, 4) is 11.1 Å². The molecule has 0 saturated heterocycles. The molecule has 1 aromatic heterocycles. The minimum Gasteiger partial charge on any atom is -0.463 e. The molecule has 1 aromatic carbocycles. The van der Waals surface area contributed by atoms with Gasteiger partial charge in [0.2, 0.25) is 5.76 Å². The maximum atomic E-state index is 11.2. The molecule has 0 unspecified atom stereocenters. The molecule has 0 atom stereocenters. The molecule has 0 bridgehead atoms. The number of esters is 1. The SMILES string of the molecule is COC(=O)c1cc(-c2ccccc2Br)co1. The van der Waals surface area contributed by atoms with Gasteiger partial charge in [0.25, 0.3) is 0 Å². The third-order valence-corrected chi connectivity index (χ3v) is 2.86. The fraction of sp³-hybridized carbons (Fsp3) is 0.0833. The van der Waals surface area contributed by atoms with Gasteiger partial charge in [-0.2, -0.15) is 0 Å². The molecule has 0 aliphatic heterocycles. The van der Waals surface area contributed by atoms with E-state index < -0.39 is 5.97 Å². The maximum absolute atomic E-state index is 11.2. The van der Waals surface area contributed by atoms with Gasteiger partial charge in [-0.15, -0.1) is 0 Å². The number of carbonyl (C=O) groups is 1. The highest BCUT2D eigenvalue weighted by atomic mass is 79.9. The van der Waals surface area contributed by atoms with Crippen LogP contribution in [0.1, 0.15) is 10.6 Å². The van der Waals surface area contributed by atoms with Crippen LogP contribution in [-0.4, -0.2) is 13.1 Å². The van der Waals surface area contributed by atoms with Crippen molar-refractivity contribution in [3.63, 3.8) is 0 Å². The summed E-state index contributed by atoms with van der Waals surface area (Å²) < 4.78 is 10.7. The number of carbonyl (C=O) groups excluding carboxylic acids is 1. The zero-order valence-electron chi connectivity index (χ0n) is 8.57. The molecule has 82 valence electrons. The first-order chi connectivity index (χ1) is 7.72. The van der Waals surface area contributed by atoms with Crippen LogP contribution in [0.4, 0.5) is 0 Å². The number of ether oxygens (including phenoxy) is 1. The molecular weight excluding hydrogens is 272 g/mol. The second kappa shape index (κ2) is 4.53. The Labute approximate surface area is 101 Å². The van der Waals surface area contributed by atoms with Crippen LogP contribution in [-0.2, 0) is 4.74 Å². The summed E-state index contributed by atoms with van der Waals surface area (Å²) in [5.41, 5.74) is 1.81. The van der Waals surface area contributed by atoms with Crippen LogP contribution in [0.15, 0.2) is 45.5 Å². The number of halogens is 1. The van der Waals surface area contributed by atoms with Crippen molar-refractivity contribution in [2.45, 2.75) is 0 Å². The smallest absolute Gasteiger partial charge is 0.373 e. The molecule has 3 nitrogen and oxygen atoms in total. The van der Waals surface area contributed by atoms with Gasteiger partial charge in [0, 0.05) is 10.0 Å². The van der Waals surface area contributed by atoms with Crippen LogP contribution in [0.3, 0.4) is 0 Å². The van der Waals surface area contributed by atoms with Crippen molar-refractivity contribution in [3.05, 3.63) is 46.8 Å². The van der Waals surface area contributed by atoms with E-state index in [4.69, 9.17) is 4.42 Å². The average molecular weight is 281 g/mol. The quantitative estimate of drug-likeness (QED) is 0.791. The number of hydrogen-bond acceptors (Lipinski definition) is 3. The first kappa shape index (κ1) is 11.0. The number of rotatable bonds is 2. The van der Waals surface area contributed by atoms with E-state index in [1.807, 2.05) is 24.3 Å². The van der Waals surface area contributed by atoms with Crippen LogP contribution in [0.25, 0.3) is 11.1 Å². The average Bonchev–Trinajstić information content (AvgIpc) is 2.78. The second-order valence-electron chi connectivity index (χ2n) is 3.17. The van der Waals surface area contributed by atoms with Crippen LogP contribution in [0, 0.1) is 0 Å². The Morgan fingerprint density at radius 2 is 2.12 bits per heavy atom. The topological polar surface area (TPSA) is 39.4 Å². The van der Waals surface area contributed by atoms with E-state index in [1.165, 1.54) is 13.4 Å². The standard InChI is InChI=1S/C12H9BrO3/c1-15-12(14)11-6-8(7-16-11)9-4-2-3-5-10(9)13/h2-7H,1H3. The highest BCUT2D eigenvalue weighted by Crippen LogP contribution is 2.29. The van der Waals surface area contributed by atoms with E-state index in [9.17, 15) is 4.79 Å². The Morgan fingerprint density at radius 3 is 2.81 bits per heavy atom. The largest absolute Gasteiger partial charge is 0.463 e. The first-order valence-electron chi connectivity index (χ1n) is 4.64. The highest BCUT2D eigenvalue weighted by Gasteiger charge is 2.13. The molecule has 0 radical (unpaired) electrons. The first-order valence-corrected chi connectivity index (χ1v) is 5.43. The maximum Gasteiger partial charge on any atom is 0.373 e. The summed E-state index contributed by atoms with van der Waals surface area (Å²) in [6, 6.07) is 9.38. The number of benzene rings is 1. The fourth-order valence-corrected chi connectivity index (χ4v) is 1.89. The molecule has 2 rings (SSSR count). The van der Waals surface area contributed by atoms with Crippen molar-refractivity contribution in [1.29, 1.82) is 0 Å². The number of hydrogen-bond donors (Lipinski definition) is 0. The summed E-state index contributed by atoms with van der Waals surface area (Å²) in [5, 5.41) is 0. The molecule has 4 heteroatoms. The van der Waals surface area contributed by atoms with Gasteiger partial charge in [-0.3, -0.25) is 0 Å². The van der Waals surface area contributed by atoms with Gasteiger partial charge in [0.15, 0.2) is 0 Å². The lowest BCUT2D eigenvalue weighted by Crippen LogP contribution is -1.98. The normalized spacial score (nSPS) is 10.1. The van der Waals surface area contributed by atoms with Crippen molar-refractivity contribution in [1.82, 2.24) is 0 Å². The highest BCUT2D eigenvalue weighted by molar-refractivity contribution is 9.10. The van der Waals surface area contributed by atoms with E-state index in [0.29, 0.717) is 0 Å². The van der Waals surface area contributed by atoms with Gasteiger partial charge in [0.1, 0.15) is 0 Å². The molecule has 16 heavy (non-hydrogen) atoms. The second-order valence-corrected chi connectivity index (χ2v) is 4.03. The van der Waals surface area contributed by atoms with Crippen LogP contribution in [0.2, 0.25) is 0 Å². The monoisotopic (exact) mass is 280 g/mol. The molecule has 0 spiro atoms. The Hall–Kier alpha value is -1.55. The van der Waals surface area contributed by atoms with E-state index >= 15 is 0 Å². The fourth-order valence-electron chi connectivity index (χ4n) is 1.38. The third kappa shape index (κ3) is 2.02. The predicted octanol–water partition coefficient (Wildman–Crippen LogP) is 3.50. The van der Waals surface area contributed by atoms with Gasteiger partial charge in [-0.25, -0.2) is 4.79 Å². The predicted molar refractivity (Wildman–Crippen MR) is 63.2 cm³/mol. The lowest BCUT2D eigenvalue weighted by atomic mass is 10.1. The summed E-state index contributed by atoms with van der Waals surface area (Å²) in [6.45, 7) is 0. The zero-order valence-corrected chi connectivity index (χ0v) is 10.2. The van der Waals surface area contributed by atoms with E-state index in [-0.39, 0.29) is 5.76 Å². The summed E-state index contributed by atoms with van der Waals surface area (Å²) in [5.74, 6) is -0.272. The summed E-state index contributed by atoms with van der Waals surface area (Å²) in [7, 11) is 1.32. The third-order valence-electron chi connectivity index (χ3n) is 2.17. The van der Waals surface area contributed by atoms with E-state index in [1.54, 1.807) is 6.07 Å². The van der Waals surface area contributed by atoms with E-state index in [0.717, 1.165) is 15.6 Å². The van der Waals surface area contributed by atoms with Gasteiger partial charge < -0.3 is 9.15 Å². The van der Waals surface area contributed by atoms with Gasteiger partial charge >= 0.3 is 5.97 Å². The molecule has 0 aliphatic rings. The molecular formula is C12H9BrO3. The summed E-state index contributed by atoms with van der Waals surface area (Å²) in [6.07, 6.45) is 1.53. The van der Waals surface area contributed by atoms with Crippen molar-refractivity contribution in [2.24, 2.45) is 0 Å². The van der Waals surface area contributed by atoms with Crippen LogP contribution < -0.4 is 0 Å². The molecule has 0 fully saturated rings. The van der Waals surface area contributed by atoms with Gasteiger partial charge in [-0.1, -0.05) is 34.1 Å². The molecule has 2 aromatic rings. The molecule has 1 heterocycles. The molecule has 0 amide bonds. The lowest BCUT2D eigenvalue weighted by molar-refractivity contribution is 0.0565. The molecule has 0 N–H and O–H groups in total.